The van der Waals surface area contributed by atoms with Gasteiger partial charge in [-0.3, -0.25) is 4.79 Å². The Morgan fingerprint density at radius 2 is 2.29 bits per heavy atom. The van der Waals surface area contributed by atoms with Gasteiger partial charge in [0.05, 0.1) is 12.7 Å². The van der Waals surface area contributed by atoms with E-state index in [9.17, 15) is 9.18 Å². The number of benzene rings is 1. The second-order valence-corrected chi connectivity index (χ2v) is 3.49. The average Bonchev–Trinajstić information content (AvgIpc) is 2.34. The summed E-state index contributed by atoms with van der Waals surface area (Å²) in [5.74, 6) is -0.319. The van der Waals surface area contributed by atoms with Gasteiger partial charge in [-0.25, -0.2) is 4.39 Å². The molecule has 0 unspecified atom stereocenters. The maximum absolute atomic E-state index is 13.5. The number of nitrogens with one attached hydrogen (secondary N) is 1. The number of rotatable bonds is 5. The highest BCUT2D eigenvalue weighted by molar-refractivity contribution is 6.18. The lowest BCUT2D eigenvalue weighted by Crippen LogP contribution is -2.24. The zero-order chi connectivity index (χ0) is 12.7. The number of carbonyl (C=O) groups is 1. The van der Waals surface area contributed by atoms with E-state index in [1.807, 2.05) is 0 Å². The smallest absolute Gasteiger partial charge is 0.254 e. The number of amides is 1. The van der Waals surface area contributed by atoms with Crippen molar-refractivity contribution < 1.29 is 13.9 Å². The highest BCUT2D eigenvalue weighted by atomic mass is 35.5. The van der Waals surface area contributed by atoms with E-state index in [0.29, 0.717) is 18.2 Å². The Kier molecular flexibility index (Phi) is 5.49. The van der Waals surface area contributed by atoms with Gasteiger partial charge >= 0.3 is 0 Å². The average molecular weight is 258 g/mol. The number of hydrogen-bond donors (Lipinski definition) is 1. The van der Waals surface area contributed by atoms with Crippen molar-refractivity contribution in [1.82, 2.24) is 5.32 Å². The molecule has 1 aromatic rings. The van der Waals surface area contributed by atoms with Gasteiger partial charge in [-0.05, 0) is 12.1 Å². The fourth-order valence-electron chi connectivity index (χ4n) is 1.20. The van der Waals surface area contributed by atoms with Crippen LogP contribution in [0.4, 0.5) is 4.39 Å². The number of ether oxygens (including phenoxy) is 1. The molecule has 0 atom stereocenters. The Bertz CT molecular complexity index is 421. The van der Waals surface area contributed by atoms with E-state index in [1.54, 1.807) is 12.2 Å². The van der Waals surface area contributed by atoms with Crippen molar-refractivity contribution >= 4 is 17.5 Å². The van der Waals surface area contributed by atoms with Gasteiger partial charge in [0.2, 0.25) is 0 Å². The monoisotopic (exact) mass is 257 g/mol. The van der Waals surface area contributed by atoms with Crippen LogP contribution in [0.5, 0.6) is 5.75 Å². The molecular weight excluding hydrogens is 245 g/mol. The van der Waals surface area contributed by atoms with E-state index in [1.165, 1.54) is 25.3 Å². The second-order valence-electron chi connectivity index (χ2n) is 3.18. The Balaban J connectivity index is 2.66. The minimum absolute atomic E-state index is 0.00919. The SMILES string of the molecule is COc1ccc(C(=O)NC/C=C/CCl)c(F)c1. The number of halogens is 2. The predicted molar refractivity (Wildman–Crippen MR) is 65.1 cm³/mol. The van der Waals surface area contributed by atoms with E-state index < -0.39 is 11.7 Å². The topological polar surface area (TPSA) is 38.3 Å². The minimum Gasteiger partial charge on any atom is -0.497 e. The Morgan fingerprint density at radius 1 is 1.53 bits per heavy atom. The molecule has 17 heavy (non-hydrogen) atoms. The molecule has 0 bridgehead atoms. The lowest BCUT2D eigenvalue weighted by molar-refractivity contribution is 0.0954. The van der Waals surface area contributed by atoms with E-state index in [-0.39, 0.29) is 5.56 Å². The van der Waals surface area contributed by atoms with Gasteiger partial charge in [0.25, 0.3) is 5.91 Å². The van der Waals surface area contributed by atoms with Gasteiger partial charge in [0.15, 0.2) is 0 Å². The summed E-state index contributed by atoms with van der Waals surface area (Å²) < 4.78 is 18.3. The third kappa shape index (κ3) is 4.07. The van der Waals surface area contributed by atoms with Crippen LogP contribution < -0.4 is 10.1 Å². The summed E-state index contributed by atoms with van der Waals surface area (Å²) in [6, 6.07) is 4.09. The molecule has 0 saturated carbocycles. The number of hydrogen-bond acceptors (Lipinski definition) is 2. The molecule has 0 aromatic heterocycles. The molecule has 1 aromatic carbocycles. The predicted octanol–water partition coefficient (Wildman–Crippen LogP) is 2.36. The van der Waals surface area contributed by atoms with Crippen molar-refractivity contribution in [3.8, 4) is 5.75 Å². The molecule has 1 amide bonds. The van der Waals surface area contributed by atoms with Gasteiger partial charge in [-0.15, -0.1) is 11.6 Å². The van der Waals surface area contributed by atoms with Crippen LogP contribution in [-0.2, 0) is 0 Å². The number of methoxy groups -OCH3 is 1. The van der Waals surface area contributed by atoms with Gasteiger partial charge < -0.3 is 10.1 Å². The number of alkyl halides is 1. The summed E-state index contributed by atoms with van der Waals surface area (Å²) in [7, 11) is 1.44. The molecule has 0 heterocycles. The standard InChI is InChI=1S/C12H13ClFNO2/c1-17-9-4-5-10(11(14)8-9)12(16)15-7-3-2-6-13/h2-5,8H,6-7H2,1H3,(H,15,16)/b3-2+. The second kappa shape index (κ2) is 6.91. The summed E-state index contributed by atoms with van der Waals surface area (Å²) >= 11 is 5.42. The normalized spacial score (nSPS) is 10.5. The van der Waals surface area contributed by atoms with Gasteiger partial charge in [0, 0.05) is 18.5 Å². The first-order valence-corrected chi connectivity index (χ1v) is 5.55. The van der Waals surface area contributed by atoms with E-state index in [4.69, 9.17) is 16.3 Å². The highest BCUT2D eigenvalue weighted by Crippen LogP contribution is 2.15. The fourth-order valence-corrected chi connectivity index (χ4v) is 1.33. The maximum Gasteiger partial charge on any atom is 0.254 e. The Hall–Kier alpha value is -1.55. The van der Waals surface area contributed by atoms with Crippen LogP contribution in [0.25, 0.3) is 0 Å². The summed E-state index contributed by atoms with van der Waals surface area (Å²) in [5.41, 5.74) is -0.00919. The minimum atomic E-state index is -0.608. The van der Waals surface area contributed by atoms with Crippen LogP contribution in [0, 0.1) is 5.82 Å². The van der Waals surface area contributed by atoms with Crippen LogP contribution in [-0.4, -0.2) is 25.4 Å². The molecule has 0 aliphatic heterocycles. The van der Waals surface area contributed by atoms with Crippen molar-refractivity contribution in [1.29, 1.82) is 0 Å². The molecule has 3 nitrogen and oxygen atoms in total. The Morgan fingerprint density at radius 3 is 2.88 bits per heavy atom. The molecule has 0 aliphatic carbocycles. The van der Waals surface area contributed by atoms with Gasteiger partial charge in [-0.2, -0.15) is 0 Å². The van der Waals surface area contributed by atoms with E-state index in [2.05, 4.69) is 5.32 Å². The molecule has 92 valence electrons. The lowest BCUT2D eigenvalue weighted by Gasteiger charge is -2.05. The Labute approximate surface area is 104 Å². The molecule has 0 fully saturated rings. The van der Waals surface area contributed by atoms with Crippen molar-refractivity contribution in [2.45, 2.75) is 0 Å². The van der Waals surface area contributed by atoms with Gasteiger partial charge in [-0.1, -0.05) is 12.2 Å². The quantitative estimate of drug-likeness (QED) is 0.650. The molecule has 1 rings (SSSR count). The van der Waals surface area contributed by atoms with Crippen molar-refractivity contribution in [2.24, 2.45) is 0 Å². The van der Waals surface area contributed by atoms with Crippen molar-refractivity contribution in [3.05, 3.63) is 41.7 Å². The highest BCUT2D eigenvalue weighted by Gasteiger charge is 2.11. The molecule has 5 heteroatoms. The third-order valence-electron chi connectivity index (χ3n) is 2.06. The first kappa shape index (κ1) is 13.5. The fraction of sp³-hybridized carbons (Fsp3) is 0.250. The zero-order valence-electron chi connectivity index (χ0n) is 9.37. The molecule has 0 spiro atoms. The van der Waals surface area contributed by atoms with Gasteiger partial charge in [0.1, 0.15) is 11.6 Å². The summed E-state index contributed by atoms with van der Waals surface area (Å²) in [6.45, 7) is 0.316. The first-order valence-electron chi connectivity index (χ1n) is 5.01. The maximum atomic E-state index is 13.5. The van der Waals surface area contributed by atoms with Crippen LogP contribution in [0.1, 0.15) is 10.4 Å². The molecule has 0 radical (unpaired) electrons. The van der Waals surface area contributed by atoms with Crippen LogP contribution in [0.2, 0.25) is 0 Å². The number of carbonyl (C=O) groups excluding carboxylic acids is 1. The van der Waals surface area contributed by atoms with Crippen molar-refractivity contribution in [2.75, 3.05) is 19.5 Å². The summed E-state index contributed by atoms with van der Waals surface area (Å²) in [4.78, 5) is 11.6. The van der Waals surface area contributed by atoms with Crippen molar-refractivity contribution in [3.63, 3.8) is 0 Å². The summed E-state index contributed by atoms with van der Waals surface area (Å²) in [5, 5.41) is 2.55. The first-order chi connectivity index (χ1) is 8.19. The lowest BCUT2D eigenvalue weighted by atomic mass is 10.2. The number of allylic oxidation sites excluding steroid dienone is 1. The molecule has 0 aliphatic rings. The largest absolute Gasteiger partial charge is 0.497 e. The van der Waals surface area contributed by atoms with E-state index in [0.717, 1.165) is 0 Å². The van der Waals surface area contributed by atoms with E-state index >= 15 is 0 Å². The van der Waals surface area contributed by atoms with Crippen LogP contribution in [0.15, 0.2) is 30.4 Å². The molecular formula is C12H13ClFNO2. The van der Waals surface area contributed by atoms with Crippen LogP contribution >= 0.6 is 11.6 Å². The molecule has 0 saturated heterocycles. The summed E-state index contributed by atoms with van der Waals surface area (Å²) in [6.07, 6.45) is 3.40. The zero-order valence-corrected chi connectivity index (χ0v) is 10.1. The third-order valence-corrected chi connectivity index (χ3v) is 2.24. The van der Waals surface area contributed by atoms with Crippen LogP contribution in [0.3, 0.4) is 0 Å². The molecule has 1 N–H and O–H groups in total.